The van der Waals surface area contributed by atoms with Crippen molar-refractivity contribution in [3.8, 4) is 39.9 Å². The molecule has 0 saturated heterocycles. The van der Waals surface area contributed by atoms with Gasteiger partial charge in [-0.25, -0.2) is 4.98 Å². The highest BCUT2D eigenvalue weighted by molar-refractivity contribution is 5.73. The smallest absolute Gasteiger partial charge is 0.161 e. The topological polar surface area (TPSA) is 59.8 Å². The van der Waals surface area contributed by atoms with Gasteiger partial charge >= 0.3 is 0 Å². The molecule has 1 heterocycles. The monoisotopic (exact) mass is 541 g/mol. The Kier molecular flexibility index (Phi) is 10.6. The van der Waals surface area contributed by atoms with E-state index in [1.807, 2.05) is 37.3 Å². The minimum atomic E-state index is 0.175. The van der Waals surface area contributed by atoms with Crippen LogP contribution in [0.15, 0.2) is 72.8 Å². The minimum Gasteiger partial charge on any atom is -0.504 e. The highest BCUT2D eigenvalue weighted by atomic mass is 16.5. The van der Waals surface area contributed by atoms with Gasteiger partial charge in [-0.15, -0.1) is 0 Å². The molecular weight excluding hydrogens is 498 g/mol. The number of aromatic hydroxyl groups is 1. The average molecular weight is 542 g/mol. The zero-order chi connectivity index (χ0) is 28.3. The molecule has 4 rings (SSSR count). The molecule has 0 saturated carbocycles. The van der Waals surface area contributed by atoms with E-state index in [4.69, 9.17) is 14.5 Å². The molecule has 212 valence electrons. The zero-order valence-electron chi connectivity index (χ0n) is 24.4. The van der Waals surface area contributed by atoms with E-state index >= 15 is 0 Å². The third-order valence-corrected chi connectivity index (χ3v) is 7.13. The summed E-state index contributed by atoms with van der Waals surface area (Å²) in [6, 6.07) is 24.3. The Morgan fingerprint density at radius 1 is 0.850 bits per heavy atom. The van der Waals surface area contributed by atoms with E-state index in [0.29, 0.717) is 12.4 Å². The number of methoxy groups -OCH3 is 1. The van der Waals surface area contributed by atoms with Crippen LogP contribution in [-0.2, 0) is 19.6 Å². The number of benzene rings is 3. The van der Waals surface area contributed by atoms with Gasteiger partial charge in [0, 0.05) is 30.8 Å². The second-order valence-electron chi connectivity index (χ2n) is 10.1. The molecule has 0 atom stereocenters. The normalized spacial score (nSPS) is 11.2. The summed E-state index contributed by atoms with van der Waals surface area (Å²) in [5.74, 6) is 2.52. The Morgan fingerprint density at radius 3 is 2.33 bits per heavy atom. The fraction of sp³-hybridized carbons (Fsp3) is 0.382. The second-order valence-corrected chi connectivity index (χ2v) is 10.1. The lowest BCUT2D eigenvalue weighted by molar-refractivity contribution is 0.245. The van der Waals surface area contributed by atoms with E-state index < -0.39 is 0 Å². The number of rotatable bonds is 15. The van der Waals surface area contributed by atoms with Gasteiger partial charge in [-0.05, 0) is 56.1 Å². The number of ether oxygens (including phenoxy) is 2. The fourth-order valence-electron chi connectivity index (χ4n) is 5.06. The van der Waals surface area contributed by atoms with Gasteiger partial charge < -0.3 is 19.1 Å². The standard InChI is InChI=1S/C34H43N3O3/c1-5-8-21-36(24-26-19-20-30(38)32(23-26)40-7-3)25-29-33(28-17-13-14-18-31(28)39-4)35-34(37(29)22-9-6-2)27-15-11-10-12-16-27/h10-20,23,38H,5-9,21-22,24-25H2,1-4H3. The van der Waals surface area contributed by atoms with Gasteiger partial charge in [-0.1, -0.05) is 75.2 Å². The third-order valence-electron chi connectivity index (χ3n) is 7.13. The first-order chi connectivity index (χ1) is 19.6. The molecule has 40 heavy (non-hydrogen) atoms. The van der Waals surface area contributed by atoms with E-state index in [9.17, 15) is 5.11 Å². The number of nitrogens with zero attached hydrogens (tertiary/aromatic N) is 3. The molecule has 0 aliphatic heterocycles. The number of unbranched alkanes of at least 4 members (excludes halogenated alkanes) is 2. The summed E-state index contributed by atoms with van der Waals surface area (Å²) in [7, 11) is 1.72. The van der Waals surface area contributed by atoms with Crippen LogP contribution in [0.4, 0.5) is 0 Å². The Labute approximate surface area is 239 Å². The van der Waals surface area contributed by atoms with Gasteiger partial charge in [-0.2, -0.15) is 0 Å². The highest BCUT2D eigenvalue weighted by Crippen LogP contribution is 2.36. The van der Waals surface area contributed by atoms with Crippen LogP contribution in [0.25, 0.3) is 22.6 Å². The molecule has 6 nitrogen and oxygen atoms in total. The van der Waals surface area contributed by atoms with Crippen molar-refractivity contribution in [1.82, 2.24) is 14.5 Å². The Hall–Kier alpha value is -3.77. The number of aromatic nitrogens is 2. The van der Waals surface area contributed by atoms with Crippen molar-refractivity contribution in [2.45, 2.75) is 66.1 Å². The lowest BCUT2D eigenvalue weighted by Crippen LogP contribution is -2.26. The SMILES string of the molecule is CCCCN(Cc1ccc(O)c(OCC)c1)Cc1c(-c2ccccc2OC)nc(-c2ccccc2)n1CCCC. The molecule has 3 aromatic carbocycles. The van der Waals surface area contributed by atoms with Crippen LogP contribution < -0.4 is 9.47 Å². The van der Waals surface area contributed by atoms with Crippen molar-refractivity contribution in [3.05, 3.63) is 84.1 Å². The number of imidazole rings is 1. The van der Waals surface area contributed by atoms with Gasteiger partial charge in [-0.3, -0.25) is 4.90 Å². The molecule has 6 heteroatoms. The molecule has 0 unspecified atom stereocenters. The first-order valence-corrected chi connectivity index (χ1v) is 14.5. The molecule has 1 aromatic heterocycles. The maximum absolute atomic E-state index is 10.3. The van der Waals surface area contributed by atoms with Crippen molar-refractivity contribution in [2.24, 2.45) is 0 Å². The van der Waals surface area contributed by atoms with Crippen molar-refractivity contribution < 1.29 is 14.6 Å². The van der Waals surface area contributed by atoms with Crippen LogP contribution in [-0.4, -0.2) is 39.8 Å². The summed E-state index contributed by atoms with van der Waals surface area (Å²) in [5.41, 5.74) is 5.39. The van der Waals surface area contributed by atoms with Crippen LogP contribution in [0, 0.1) is 0 Å². The second kappa shape index (κ2) is 14.6. The zero-order valence-corrected chi connectivity index (χ0v) is 24.4. The van der Waals surface area contributed by atoms with Crippen LogP contribution >= 0.6 is 0 Å². The Balaban J connectivity index is 1.82. The van der Waals surface area contributed by atoms with Crippen LogP contribution in [0.1, 0.15) is 57.7 Å². The van der Waals surface area contributed by atoms with Crippen molar-refractivity contribution in [3.63, 3.8) is 0 Å². The van der Waals surface area contributed by atoms with Crippen LogP contribution in [0.3, 0.4) is 0 Å². The van der Waals surface area contributed by atoms with Gasteiger partial charge in [0.05, 0.1) is 25.1 Å². The van der Waals surface area contributed by atoms with E-state index in [-0.39, 0.29) is 5.75 Å². The van der Waals surface area contributed by atoms with Crippen molar-refractivity contribution in [2.75, 3.05) is 20.3 Å². The number of phenolic OH excluding ortho intramolecular Hbond substituents is 1. The van der Waals surface area contributed by atoms with E-state index in [1.165, 1.54) is 5.69 Å². The van der Waals surface area contributed by atoms with Crippen molar-refractivity contribution >= 4 is 0 Å². The van der Waals surface area contributed by atoms with Crippen molar-refractivity contribution in [1.29, 1.82) is 0 Å². The van der Waals surface area contributed by atoms with Crippen LogP contribution in [0.5, 0.6) is 17.2 Å². The largest absolute Gasteiger partial charge is 0.504 e. The molecule has 0 amide bonds. The van der Waals surface area contributed by atoms with Gasteiger partial charge in [0.1, 0.15) is 11.6 Å². The first-order valence-electron chi connectivity index (χ1n) is 14.5. The van der Waals surface area contributed by atoms with E-state index in [2.05, 4.69) is 59.7 Å². The quantitative estimate of drug-likeness (QED) is 0.166. The summed E-state index contributed by atoms with van der Waals surface area (Å²) >= 11 is 0. The number of hydrogen-bond donors (Lipinski definition) is 1. The summed E-state index contributed by atoms with van der Waals surface area (Å²) in [5, 5.41) is 10.3. The maximum Gasteiger partial charge on any atom is 0.161 e. The maximum atomic E-state index is 10.3. The van der Waals surface area contributed by atoms with E-state index in [1.54, 1.807) is 13.2 Å². The van der Waals surface area contributed by atoms with Gasteiger partial charge in [0.25, 0.3) is 0 Å². The molecule has 0 spiro atoms. The van der Waals surface area contributed by atoms with Gasteiger partial charge in [0.2, 0.25) is 0 Å². The van der Waals surface area contributed by atoms with Crippen LogP contribution in [0.2, 0.25) is 0 Å². The molecule has 1 N–H and O–H groups in total. The molecule has 0 aliphatic rings. The molecule has 0 fully saturated rings. The Morgan fingerprint density at radius 2 is 1.60 bits per heavy atom. The first kappa shape index (κ1) is 29.2. The summed E-state index contributed by atoms with van der Waals surface area (Å²) < 4.78 is 13.9. The number of hydrogen-bond acceptors (Lipinski definition) is 5. The molecule has 0 bridgehead atoms. The highest BCUT2D eigenvalue weighted by Gasteiger charge is 2.23. The minimum absolute atomic E-state index is 0.175. The average Bonchev–Trinajstić information content (AvgIpc) is 3.34. The summed E-state index contributed by atoms with van der Waals surface area (Å²) in [6.07, 6.45) is 4.37. The molecule has 0 aliphatic carbocycles. The predicted octanol–water partition coefficient (Wildman–Crippen LogP) is 7.93. The van der Waals surface area contributed by atoms with E-state index in [0.717, 1.165) is 85.8 Å². The molecule has 4 aromatic rings. The third kappa shape index (κ3) is 7.05. The number of phenols is 1. The predicted molar refractivity (Wildman–Crippen MR) is 163 cm³/mol. The lowest BCUT2D eigenvalue weighted by Gasteiger charge is -2.25. The summed E-state index contributed by atoms with van der Waals surface area (Å²) in [4.78, 5) is 7.79. The fourth-order valence-corrected chi connectivity index (χ4v) is 5.06. The Bertz CT molecular complexity index is 1350. The van der Waals surface area contributed by atoms with Gasteiger partial charge in [0.15, 0.2) is 11.5 Å². The molecular formula is C34H43N3O3. The number of para-hydroxylation sites is 1. The molecule has 0 radical (unpaired) electrons. The lowest BCUT2D eigenvalue weighted by atomic mass is 10.1. The summed E-state index contributed by atoms with van der Waals surface area (Å²) in [6.45, 7) is 10.2.